The number of benzene rings is 1. The van der Waals surface area contributed by atoms with Gasteiger partial charge in [-0.2, -0.15) is 14.9 Å². The first-order chi connectivity index (χ1) is 9.00. The van der Waals surface area contributed by atoms with Crippen molar-refractivity contribution in [2.75, 3.05) is 0 Å². The molecular formula is C11H8Cl2N4OS. The lowest BCUT2D eigenvalue weighted by atomic mass is 10.2. The highest BCUT2D eigenvalue weighted by atomic mass is 35.5. The fourth-order valence-corrected chi connectivity index (χ4v) is 1.85. The highest BCUT2D eigenvalue weighted by molar-refractivity contribution is 7.71. The molecule has 0 saturated heterocycles. The Kier molecular flexibility index (Phi) is 4.14. The molecule has 0 fully saturated rings. The van der Waals surface area contributed by atoms with Gasteiger partial charge in [0.25, 0.3) is 5.56 Å². The zero-order chi connectivity index (χ0) is 14.0. The third kappa shape index (κ3) is 2.91. The Labute approximate surface area is 123 Å². The van der Waals surface area contributed by atoms with E-state index in [0.717, 1.165) is 4.68 Å². The lowest BCUT2D eigenvalue weighted by molar-refractivity contribution is 0.720. The zero-order valence-corrected chi connectivity index (χ0v) is 12.1. The Morgan fingerprint density at radius 1 is 1.47 bits per heavy atom. The number of aromatic nitrogens is 3. The van der Waals surface area contributed by atoms with Gasteiger partial charge in [-0.15, -0.1) is 0 Å². The Hall–Kier alpha value is -1.50. The largest absolute Gasteiger partial charge is 0.296 e. The van der Waals surface area contributed by atoms with E-state index in [2.05, 4.69) is 15.3 Å². The monoisotopic (exact) mass is 314 g/mol. The molecule has 1 heterocycles. The molecule has 0 bridgehead atoms. The summed E-state index contributed by atoms with van der Waals surface area (Å²) in [5.74, 6) is 0. The van der Waals surface area contributed by atoms with Gasteiger partial charge in [0.05, 0.1) is 16.3 Å². The zero-order valence-electron chi connectivity index (χ0n) is 9.72. The summed E-state index contributed by atoms with van der Waals surface area (Å²) in [6.07, 6.45) is 1.42. The van der Waals surface area contributed by atoms with Crippen molar-refractivity contribution >= 4 is 41.6 Å². The number of aromatic amines is 1. The molecule has 0 amide bonds. The number of halogens is 2. The number of rotatable bonds is 2. The van der Waals surface area contributed by atoms with E-state index < -0.39 is 5.56 Å². The van der Waals surface area contributed by atoms with E-state index in [1.54, 1.807) is 25.1 Å². The number of nitrogens with one attached hydrogen (secondary N) is 1. The molecule has 0 atom stereocenters. The summed E-state index contributed by atoms with van der Waals surface area (Å²) in [6, 6.07) is 5.12. The Bertz CT molecular complexity index is 766. The fourth-order valence-electron chi connectivity index (χ4n) is 1.32. The predicted molar refractivity (Wildman–Crippen MR) is 77.9 cm³/mol. The molecule has 0 aliphatic heterocycles. The average molecular weight is 315 g/mol. The van der Waals surface area contributed by atoms with Gasteiger partial charge >= 0.3 is 0 Å². The minimum atomic E-state index is -0.391. The topological polar surface area (TPSA) is 63.0 Å². The normalized spacial score (nSPS) is 11.1. The summed E-state index contributed by atoms with van der Waals surface area (Å²) in [4.78, 5) is 11.8. The summed E-state index contributed by atoms with van der Waals surface area (Å²) >= 11 is 16.8. The number of H-pyrrole nitrogens is 1. The van der Waals surface area contributed by atoms with Crippen LogP contribution in [0, 0.1) is 11.7 Å². The number of hydrogen-bond acceptors (Lipinski definition) is 4. The second-order valence-electron chi connectivity index (χ2n) is 3.62. The summed E-state index contributed by atoms with van der Waals surface area (Å²) in [5.41, 5.74) is 0.464. The quantitative estimate of drug-likeness (QED) is 0.685. The third-order valence-corrected chi connectivity index (χ3v) is 3.40. The van der Waals surface area contributed by atoms with E-state index in [4.69, 9.17) is 35.4 Å². The molecule has 1 aromatic carbocycles. The molecular weight excluding hydrogens is 307 g/mol. The van der Waals surface area contributed by atoms with Crippen molar-refractivity contribution in [2.24, 2.45) is 5.10 Å². The molecule has 8 heteroatoms. The van der Waals surface area contributed by atoms with Crippen LogP contribution in [0.3, 0.4) is 0 Å². The second-order valence-corrected chi connectivity index (χ2v) is 4.79. The lowest BCUT2D eigenvalue weighted by Gasteiger charge is -2.01. The van der Waals surface area contributed by atoms with Gasteiger partial charge in [-0.1, -0.05) is 35.3 Å². The molecule has 0 radical (unpaired) electrons. The molecule has 0 spiro atoms. The number of nitrogens with zero attached hydrogens (tertiary/aromatic N) is 3. The van der Waals surface area contributed by atoms with Crippen LogP contribution in [0.25, 0.3) is 0 Å². The van der Waals surface area contributed by atoms with Crippen molar-refractivity contribution in [2.45, 2.75) is 6.92 Å². The fraction of sp³-hybridized carbons (Fsp3) is 0.0909. The van der Waals surface area contributed by atoms with E-state index in [1.165, 1.54) is 6.21 Å². The molecule has 0 saturated carbocycles. The van der Waals surface area contributed by atoms with Gasteiger partial charge in [-0.3, -0.25) is 9.89 Å². The SMILES string of the molecule is Cc1n[nH]c(=S)n(/N=C\c2cccc(Cl)c2Cl)c1=O. The second kappa shape index (κ2) is 5.64. The molecule has 0 aliphatic carbocycles. The summed E-state index contributed by atoms with van der Waals surface area (Å²) in [6.45, 7) is 1.56. The highest BCUT2D eigenvalue weighted by Crippen LogP contribution is 2.24. The van der Waals surface area contributed by atoms with E-state index >= 15 is 0 Å². The number of aryl methyl sites for hydroxylation is 1. The van der Waals surface area contributed by atoms with Gasteiger partial charge in [0, 0.05) is 5.56 Å². The Morgan fingerprint density at radius 2 is 2.21 bits per heavy atom. The maximum absolute atomic E-state index is 11.8. The van der Waals surface area contributed by atoms with Gasteiger partial charge in [-0.05, 0) is 25.2 Å². The van der Waals surface area contributed by atoms with Crippen molar-refractivity contribution < 1.29 is 0 Å². The van der Waals surface area contributed by atoms with Gasteiger partial charge in [0.15, 0.2) is 0 Å². The summed E-state index contributed by atoms with van der Waals surface area (Å²) in [5, 5.41) is 11.0. The first-order valence-electron chi connectivity index (χ1n) is 5.17. The van der Waals surface area contributed by atoms with Gasteiger partial charge in [0.1, 0.15) is 5.69 Å². The van der Waals surface area contributed by atoms with Crippen molar-refractivity contribution in [3.8, 4) is 0 Å². The van der Waals surface area contributed by atoms with Crippen molar-refractivity contribution in [3.05, 3.63) is 54.6 Å². The van der Waals surface area contributed by atoms with Crippen LogP contribution >= 0.6 is 35.4 Å². The van der Waals surface area contributed by atoms with Crippen LogP contribution in [0.1, 0.15) is 11.3 Å². The molecule has 0 unspecified atom stereocenters. The molecule has 1 N–H and O–H groups in total. The van der Waals surface area contributed by atoms with Crippen LogP contribution in [-0.4, -0.2) is 21.1 Å². The van der Waals surface area contributed by atoms with Crippen LogP contribution < -0.4 is 5.56 Å². The van der Waals surface area contributed by atoms with Crippen molar-refractivity contribution in [3.63, 3.8) is 0 Å². The Balaban J connectivity index is 2.50. The number of hydrogen-bond donors (Lipinski definition) is 1. The van der Waals surface area contributed by atoms with E-state index in [0.29, 0.717) is 15.6 Å². The molecule has 19 heavy (non-hydrogen) atoms. The molecule has 5 nitrogen and oxygen atoms in total. The van der Waals surface area contributed by atoms with Crippen molar-refractivity contribution in [1.29, 1.82) is 0 Å². The standard InChI is InChI=1S/C11H8Cl2N4OS/c1-6-10(18)17(11(19)16-15-6)14-5-7-3-2-4-8(12)9(7)13/h2-5H,1H3,(H,16,19)/b14-5-. The van der Waals surface area contributed by atoms with E-state index in [9.17, 15) is 4.79 Å². The maximum atomic E-state index is 11.8. The van der Waals surface area contributed by atoms with E-state index in [1.807, 2.05) is 0 Å². The first kappa shape index (κ1) is 13.9. The summed E-state index contributed by atoms with van der Waals surface area (Å²) in [7, 11) is 0. The van der Waals surface area contributed by atoms with Crippen LogP contribution in [0.15, 0.2) is 28.1 Å². The van der Waals surface area contributed by atoms with Crippen LogP contribution in [0.4, 0.5) is 0 Å². The van der Waals surface area contributed by atoms with Gasteiger partial charge in [0.2, 0.25) is 4.77 Å². The molecule has 1 aromatic heterocycles. The molecule has 2 rings (SSSR count). The first-order valence-corrected chi connectivity index (χ1v) is 6.34. The maximum Gasteiger partial charge on any atom is 0.296 e. The van der Waals surface area contributed by atoms with Crippen LogP contribution in [0.2, 0.25) is 10.0 Å². The van der Waals surface area contributed by atoms with E-state index in [-0.39, 0.29) is 10.5 Å². The smallest absolute Gasteiger partial charge is 0.265 e. The minimum Gasteiger partial charge on any atom is -0.265 e. The Morgan fingerprint density at radius 3 is 2.95 bits per heavy atom. The molecule has 2 aromatic rings. The predicted octanol–water partition coefficient (Wildman–Crippen LogP) is 2.80. The molecule has 0 aliphatic rings. The van der Waals surface area contributed by atoms with Crippen LogP contribution in [0.5, 0.6) is 0 Å². The van der Waals surface area contributed by atoms with Crippen molar-refractivity contribution in [1.82, 2.24) is 14.9 Å². The van der Waals surface area contributed by atoms with Gasteiger partial charge in [-0.25, -0.2) is 0 Å². The third-order valence-electron chi connectivity index (χ3n) is 2.31. The molecule has 98 valence electrons. The highest BCUT2D eigenvalue weighted by Gasteiger charge is 2.03. The lowest BCUT2D eigenvalue weighted by Crippen LogP contribution is -2.22. The van der Waals surface area contributed by atoms with Gasteiger partial charge < -0.3 is 0 Å². The summed E-state index contributed by atoms with van der Waals surface area (Å²) < 4.78 is 1.14. The minimum absolute atomic E-state index is 0.102. The van der Waals surface area contributed by atoms with Crippen LogP contribution in [-0.2, 0) is 0 Å². The average Bonchev–Trinajstić information content (AvgIpc) is 2.39.